The maximum absolute atomic E-state index is 12.1. The number of hydrogen-bond acceptors (Lipinski definition) is 3. The molecular formula is C14H26N2O2. The van der Waals surface area contributed by atoms with E-state index in [0.29, 0.717) is 6.54 Å². The van der Waals surface area contributed by atoms with E-state index in [4.69, 9.17) is 0 Å². The summed E-state index contributed by atoms with van der Waals surface area (Å²) in [6.45, 7) is 5.97. The number of amides is 1. The van der Waals surface area contributed by atoms with Gasteiger partial charge >= 0.3 is 0 Å². The van der Waals surface area contributed by atoms with Crippen molar-refractivity contribution < 1.29 is 9.90 Å². The van der Waals surface area contributed by atoms with E-state index in [1.54, 1.807) is 0 Å². The lowest BCUT2D eigenvalue weighted by Gasteiger charge is -2.34. The van der Waals surface area contributed by atoms with Gasteiger partial charge in [0.15, 0.2) is 0 Å². The minimum Gasteiger partial charge on any atom is -0.389 e. The molecule has 0 spiro atoms. The van der Waals surface area contributed by atoms with Crippen LogP contribution in [-0.2, 0) is 4.79 Å². The van der Waals surface area contributed by atoms with Gasteiger partial charge in [0, 0.05) is 19.6 Å². The van der Waals surface area contributed by atoms with E-state index >= 15 is 0 Å². The molecule has 0 aromatic rings. The zero-order chi connectivity index (χ0) is 13.3. The van der Waals surface area contributed by atoms with E-state index in [2.05, 4.69) is 4.90 Å². The summed E-state index contributed by atoms with van der Waals surface area (Å²) >= 11 is 0. The van der Waals surface area contributed by atoms with Crippen LogP contribution in [0, 0.1) is 5.92 Å². The number of aliphatic hydroxyl groups is 1. The number of carbonyl (C=O) groups excluding carboxylic acids is 1. The first-order valence-corrected chi connectivity index (χ1v) is 7.08. The Balaban J connectivity index is 1.85. The highest BCUT2D eigenvalue weighted by molar-refractivity contribution is 5.78. The van der Waals surface area contributed by atoms with Crippen LogP contribution in [0.3, 0.4) is 0 Å². The summed E-state index contributed by atoms with van der Waals surface area (Å²) in [5.74, 6) is 0.931. The summed E-state index contributed by atoms with van der Waals surface area (Å²) in [5, 5.41) is 10.1. The molecule has 2 aliphatic rings. The third-order valence-electron chi connectivity index (χ3n) is 4.17. The molecular weight excluding hydrogens is 228 g/mol. The molecule has 0 aromatic heterocycles. The molecule has 1 unspecified atom stereocenters. The highest BCUT2D eigenvalue weighted by Crippen LogP contribution is 2.30. The average Bonchev–Trinajstić information content (AvgIpc) is 2.92. The number of likely N-dealkylation sites (N-methyl/N-ethyl adjacent to an activating group) is 1. The van der Waals surface area contributed by atoms with E-state index in [-0.39, 0.29) is 11.9 Å². The van der Waals surface area contributed by atoms with Gasteiger partial charge in [-0.3, -0.25) is 9.69 Å². The molecule has 1 aliphatic heterocycles. The Morgan fingerprint density at radius 3 is 2.61 bits per heavy atom. The minimum atomic E-state index is -0.716. The van der Waals surface area contributed by atoms with Gasteiger partial charge < -0.3 is 10.0 Å². The third-order valence-corrected chi connectivity index (χ3v) is 4.17. The van der Waals surface area contributed by atoms with Crippen molar-refractivity contribution in [3.63, 3.8) is 0 Å². The van der Waals surface area contributed by atoms with E-state index < -0.39 is 5.60 Å². The molecule has 2 rings (SSSR count). The molecule has 104 valence electrons. The van der Waals surface area contributed by atoms with E-state index in [9.17, 15) is 9.90 Å². The van der Waals surface area contributed by atoms with Crippen molar-refractivity contribution in [1.82, 2.24) is 9.80 Å². The van der Waals surface area contributed by atoms with Gasteiger partial charge in [-0.1, -0.05) is 0 Å². The number of hydrogen-bond donors (Lipinski definition) is 1. The SMILES string of the molecule is CN(CC1CC1)C(=O)CN1CCCC1C(C)(C)O. The molecule has 4 heteroatoms. The summed E-state index contributed by atoms with van der Waals surface area (Å²) in [4.78, 5) is 16.1. The molecule has 1 amide bonds. The summed E-state index contributed by atoms with van der Waals surface area (Å²) in [6.07, 6.45) is 4.61. The number of carbonyl (C=O) groups is 1. The van der Waals surface area contributed by atoms with Gasteiger partial charge in [-0.15, -0.1) is 0 Å². The maximum Gasteiger partial charge on any atom is 0.236 e. The summed E-state index contributed by atoms with van der Waals surface area (Å²) in [7, 11) is 1.90. The number of rotatable bonds is 5. The van der Waals surface area contributed by atoms with Crippen molar-refractivity contribution in [2.45, 2.75) is 51.2 Å². The Hall–Kier alpha value is -0.610. The first-order valence-electron chi connectivity index (χ1n) is 7.08. The lowest BCUT2D eigenvalue weighted by molar-refractivity contribution is -0.132. The molecule has 0 bridgehead atoms. The molecule has 1 aliphatic carbocycles. The van der Waals surface area contributed by atoms with Gasteiger partial charge in [0.2, 0.25) is 5.91 Å². The third kappa shape index (κ3) is 3.45. The van der Waals surface area contributed by atoms with Gasteiger partial charge in [-0.2, -0.15) is 0 Å². The predicted octanol–water partition coefficient (Wildman–Crippen LogP) is 1.09. The molecule has 1 N–H and O–H groups in total. The minimum absolute atomic E-state index is 0.121. The van der Waals surface area contributed by atoms with Crippen LogP contribution in [0.2, 0.25) is 0 Å². The Morgan fingerprint density at radius 1 is 1.39 bits per heavy atom. The van der Waals surface area contributed by atoms with Gasteiger partial charge in [0.1, 0.15) is 0 Å². The monoisotopic (exact) mass is 254 g/mol. The summed E-state index contributed by atoms with van der Waals surface area (Å²) < 4.78 is 0. The smallest absolute Gasteiger partial charge is 0.236 e. The lowest BCUT2D eigenvalue weighted by atomic mass is 9.97. The fourth-order valence-corrected chi connectivity index (χ4v) is 2.90. The lowest BCUT2D eigenvalue weighted by Crippen LogP contribution is -2.49. The molecule has 0 radical (unpaired) electrons. The van der Waals surface area contributed by atoms with Crippen LogP contribution >= 0.6 is 0 Å². The second-order valence-corrected chi connectivity index (χ2v) is 6.50. The molecule has 1 saturated heterocycles. The molecule has 1 atom stereocenters. The van der Waals surface area contributed by atoms with Crippen molar-refractivity contribution in [1.29, 1.82) is 0 Å². The number of nitrogens with zero attached hydrogens (tertiary/aromatic N) is 2. The quantitative estimate of drug-likeness (QED) is 0.799. The second kappa shape index (κ2) is 5.17. The van der Waals surface area contributed by atoms with Crippen molar-refractivity contribution in [2.24, 2.45) is 5.92 Å². The Labute approximate surface area is 110 Å². The fraction of sp³-hybridized carbons (Fsp3) is 0.929. The van der Waals surface area contributed by atoms with E-state index in [1.807, 2.05) is 25.8 Å². The van der Waals surface area contributed by atoms with Gasteiger partial charge in [0.05, 0.1) is 12.1 Å². The topological polar surface area (TPSA) is 43.8 Å². The van der Waals surface area contributed by atoms with Crippen LogP contribution in [0.5, 0.6) is 0 Å². The van der Waals surface area contributed by atoms with Gasteiger partial charge in [-0.05, 0) is 52.0 Å². The second-order valence-electron chi connectivity index (χ2n) is 6.50. The Bertz CT molecular complexity index is 307. The molecule has 1 saturated carbocycles. The Morgan fingerprint density at radius 2 is 2.06 bits per heavy atom. The average molecular weight is 254 g/mol. The fourth-order valence-electron chi connectivity index (χ4n) is 2.90. The van der Waals surface area contributed by atoms with Crippen molar-refractivity contribution >= 4 is 5.91 Å². The zero-order valence-corrected chi connectivity index (χ0v) is 11.9. The largest absolute Gasteiger partial charge is 0.389 e. The van der Waals surface area contributed by atoms with Crippen LogP contribution in [-0.4, -0.2) is 59.1 Å². The standard InChI is InChI=1S/C14H26N2O2/c1-14(2,18)12-5-4-8-16(12)10-13(17)15(3)9-11-6-7-11/h11-12,18H,4-10H2,1-3H3. The zero-order valence-electron chi connectivity index (χ0n) is 11.9. The van der Waals surface area contributed by atoms with Gasteiger partial charge in [0.25, 0.3) is 0 Å². The first kappa shape index (κ1) is 13.8. The number of likely N-dealkylation sites (tertiary alicyclic amines) is 1. The van der Waals surface area contributed by atoms with Crippen molar-refractivity contribution in [3.05, 3.63) is 0 Å². The molecule has 18 heavy (non-hydrogen) atoms. The van der Waals surface area contributed by atoms with Crippen LogP contribution in [0.15, 0.2) is 0 Å². The molecule has 0 aromatic carbocycles. The van der Waals surface area contributed by atoms with Crippen LogP contribution in [0.4, 0.5) is 0 Å². The Kier molecular flexibility index (Phi) is 3.97. The van der Waals surface area contributed by atoms with Crippen molar-refractivity contribution in [3.8, 4) is 0 Å². The van der Waals surface area contributed by atoms with Crippen LogP contribution < -0.4 is 0 Å². The predicted molar refractivity (Wildman–Crippen MR) is 71.3 cm³/mol. The van der Waals surface area contributed by atoms with Crippen molar-refractivity contribution in [2.75, 3.05) is 26.7 Å². The van der Waals surface area contributed by atoms with Gasteiger partial charge in [-0.25, -0.2) is 0 Å². The van der Waals surface area contributed by atoms with Crippen LogP contribution in [0.25, 0.3) is 0 Å². The highest BCUT2D eigenvalue weighted by Gasteiger charge is 2.37. The van der Waals surface area contributed by atoms with Crippen LogP contribution in [0.1, 0.15) is 39.5 Å². The molecule has 2 fully saturated rings. The van der Waals surface area contributed by atoms with E-state index in [1.165, 1.54) is 12.8 Å². The normalized spacial score (nSPS) is 25.4. The first-order chi connectivity index (χ1) is 8.38. The molecule has 4 nitrogen and oxygen atoms in total. The van der Waals surface area contributed by atoms with E-state index in [0.717, 1.165) is 31.8 Å². The summed E-state index contributed by atoms with van der Waals surface area (Å²) in [6, 6.07) is 0.121. The highest BCUT2D eigenvalue weighted by atomic mass is 16.3. The maximum atomic E-state index is 12.1. The summed E-state index contributed by atoms with van der Waals surface area (Å²) in [5.41, 5.74) is -0.716. The molecule has 1 heterocycles.